The maximum absolute atomic E-state index is 12.3. The van der Waals surface area contributed by atoms with Gasteiger partial charge in [-0.15, -0.1) is 0 Å². The molecule has 2 fully saturated rings. The van der Waals surface area contributed by atoms with E-state index < -0.39 is 18.0 Å². The highest BCUT2D eigenvalue weighted by atomic mass is 16.6. The Balaban J connectivity index is 1.63. The van der Waals surface area contributed by atoms with Gasteiger partial charge in [0.15, 0.2) is 18.1 Å². The third-order valence-electron chi connectivity index (χ3n) is 4.33. The van der Waals surface area contributed by atoms with Crippen LogP contribution in [-0.4, -0.2) is 75.0 Å². The number of ether oxygens (including phenoxy) is 5. The number of esters is 2. The average Bonchev–Trinajstić information content (AvgIpc) is 3.12. The number of benzene rings is 1. The Morgan fingerprint density at radius 2 is 1.93 bits per heavy atom. The van der Waals surface area contributed by atoms with Crippen molar-refractivity contribution in [2.75, 3.05) is 46.1 Å². The molecule has 0 unspecified atom stereocenters. The molecule has 0 saturated carbocycles. The predicted molar refractivity (Wildman–Crippen MR) is 95.3 cm³/mol. The first-order valence-corrected chi connectivity index (χ1v) is 9.21. The zero-order valence-electron chi connectivity index (χ0n) is 15.7. The fraction of sp³-hybridized carbons (Fsp3) is 0.526. The molecule has 2 aliphatic heterocycles. The van der Waals surface area contributed by atoms with Crippen LogP contribution in [0.3, 0.4) is 0 Å². The number of nitrogens with zero attached hydrogens (tertiary/aromatic N) is 1. The van der Waals surface area contributed by atoms with Gasteiger partial charge in [-0.3, -0.25) is 4.79 Å². The maximum atomic E-state index is 12.3. The quantitative estimate of drug-likeness (QED) is 0.627. The van der Waals surface area contributed by atoms with Crippen molar-refractivity contribution in [3.8, 4) is 11.5 Å². The van der Waals surface area contributed by atoms with E-state index in [-0.39, 0.29) is 24.7 Å². The number of hydrogen-bond donors (Lipinski definition) is 0. The zero-order chi connectivity index (χ0) is 19.9. The minimum Gasteiger partial charge on any atom is -0.490 e. The van der Waals surface area contributed by atoms with E-state index in [1.807, 2.05) is 0 Å². The Morgan fingerprint density at radius 3 is 2.61 bits per heavy atom. The van der Waals surface area contributed by atoms with Crippen molar-refractivity contribution in [2.24, 2.45) is 0 Å². The molecule has 1 aromatic carbocycles. The standard InChI is InChI=1S/C19H23NO8/c1-2-25-16-11-13(18(22)28-15-5-8-26-19(15)23)3-4-14(16)27-12-17(21)20-6-9-24-10-7-20/h3-4,11,15H,2,5-10,12H2,1H3/t15-/m0/s1. The minimum atomic E-state index is -0.884. The van der Waals surface area contributed by atoms with Gasteiger partial charge in [0, 0.05) is 19.5 Å². The molecule has 28 heavy (non-hydrogen) atoms. The lowest BCUT2D eigenvalue weighted by Crippen LogP contribution is -2.43. The molecule has 0 aromatic heterocycles. The Labute approximate surface area is 162 Å². The number of hydrogen-bond acceptors (Lipinski definition) is 8. The highest BCUT2D eigenvalue weighted by Gasteiger charge is 2.30. The molecule has 152 valence electrons. The Kier molecular flexibility index (Phi) is 6.70. The van der Waals surface area contributed by atoms with Gasteiger partial charge in [-0.25, -0.2) is 9.59 Å². The normalized spacial score (nSPS) is 19.1. The van der Waals surface area contributed by atoms with Crippen molar-refractivity contribution < 1.29 is 38.1 Å². The molecular weight excluding hydrogens is 370 g/mol. The predicted octanol–water partition coefficient (Wildman–Crippen LogP) is 0.795. The topological polar surface area (TPSA) is 101 Å². The summed E-state index contributed by atoms with van der Waals surface area (Å²) in [6.07, 6.45) is -0.543. The summed E-state index contributed by atoms with van der Waals surface area (Å²) >= 11 is 0. The Morgan fingerprint density at radius 1 is 1.14 bits per heavy atom. The van der Waals surface area contributed by atoms with Gasteiger partial charge in [0.25, 0.3) is 5.91 Å². The third kappa shape index (κ3) is 4.92. The maximum Gasteiger partial charge on any atom is 0.347 e. The summed E-state index contributed by atoms with van der Waals surface area (Å²) in [5.74, 6) is -0.671. The molecule has 2 aliphatic rings. The molecule has 2 saturated heterocycles. The first-order valence-electron chi connectivity index (χ1n) is 9.21. The van der Waals surface area contributed by atoms with E-state index in [2.05, 4.69) is 0 Å². The smallest absolute Gasteiger partial charge is 0.347 e. The molecule has 3 rings (SSSR count). The highest BCUT2D eigenvalue weighted by Crippen LogP contribution is 2.29. The number of amides is 1. The van der Waals surface area contributed by atoms with E-state index in [0.29, 0.717) is 50.8 Å². The summed E-state index contributed by atoms with van der Waals surface area (Å²) in [5, 5.41) is 0. The second-order valence-corrected chi connectivity index (χ2v) is 6.23. The van der Waals surface area contributed by atoms with Crippen molar-refractivity contribution in [3.05, 3.63) is 23.8 Å². The number of cyclic esters (lactones) is 1. The fourth-order valence-electron chi connectivity index (χ4n) is 2.85. The molecule has 2 heterocycles. The number of rotatable bonds is 7. The van der Waals surface area contributed by atoms with Crippen LogP contribution >= 0.6 is 0 Å². The van der Waals surface area contributed by atoms with E-state index in [1.54, 1.807) is 17.9 Å². The van der Waals surface area contributed by atoms with Gasteiger partial charge >= 0.3 is 11.9 Å². The van der Waals surface area contributed by atoms with Crippen LogP contribution in [0.1, 0.15) is 23.7 Å². The molecule has 9 heteroatoms. The number of carbonyl (C=O) groups is 3. The van der Waals surface area contributed by atoms with Gasteiger partial charge < -0.3 is 28.6 Å². The summed E-state index contributed by atoms with van der Waals surface area (Å²) in [5.41, 5.74) is 0.218. The second kappa shape index (κ2) is 9.41. The lowest BCUT2D eigenvalue weighted by molar-refractivity contribution is -0.145. The highest BCUT2D eigenvalue weighted by molar-refractivity contribution is 5.92. The zero-order valence-corrected chi connectivity index (χ0v) is 15.7. The number of morpholine rings is 1. The van der Waals surface area contributed by atoms with Gasteiger partial charge in [0.05, 0.1) is 32.0 Å². The average molecular weight is 393 g/mol. The molecule has 9 nitrogen and oxygen atoms in total. The molecule has 1 atom stereocenters. The molecule has 0 aliphatic carbocycles. The SMILES string of the molecule is CCOc1cc(C(=O)O[C@H]2CCOC2=O)ccc1OCC(=O)N1CCOCC1. The lowest BCUT2D eigenvalue weighted by atomic mass is 10.2. The van der Waals surface area contributed by atoms with Crippen LogP contribution in [0.2, 0.25) is 0 Å². The molecule has 1 amide bonds. The largest absolute Gasteiger partial charge is 0.490 e. The first kappa shape index (κ1) is 19.9. The van der Waals surface area contributed by atoms with Crippen LogP contribution in [0.15, 0.2) is 18.2 Å². The van der Waals surface area contributed by atoms with Gasteiger partial charge in [0.1, 0.15) is 0 Å². The minimum absolute atomic E-state index is 0.141. The van der Waals surface area contributed by atoms with Crippen LogP contribution < -0.4 is 9.47 Å². The van der Waals surface area contributed by atoms with E-state index in [4.69, 9.17) is 23.7 Å². The Hall–Kier alpha value is -2.81. The van der Waals surface area contributed by atoms with Crippen molar-refractivity contribution >= 4 is 17.8 Å². The lowest BCUT2D eigenvalue weighted by Gasteiger charge is -2.26. The molecule has 0 N–H and O–H groups in total. The van der Waals surface area contributed by atoms with Crippen molar-refractivity contribution in [1.82, 2.24) is 4.90 Å². The molecule has 0 bridgehead atoms. The van der Waals surface area contributed by atoms with Crippen molar-refractivity contribution in [1.29, 1.82) is 0 Å². The fourth-order valence-corrected chi connectivity index (χ4v) is 2.85. The van der Waals surface area contributed by atoms with Crippen molar-refractivity contribution in [3.63, 3.8) is 0 Å². The summed E-state index contributed by atoms with van der Waals surface area (Å²) in [7, 11) is 0. The summed E-state index contributed by atoms with van der Waals surface area (Å²) in [6.45, 7) is 4.35. The van der Waals surface area contributed by atoms with E-state index in [0.717, 1.165) is 0 Å². The molecule has 1 aromatic rings. The second-order valence-electron chi connectivity index (χ2n) is 6.23. The van der Waals surface area contributed by atoms with Crippen LogP contribution in [-0.2, 0) is 23.8 Å². The van der Waals surface area contributed by atoms with Crippen LogP contribution in [0, 0.1) is 0 Å². The van der Waals surface area contributed by atoms with Crippen LogP contribution in [0.25, 0.3) is 0 Å². The molecular formula is C19H23NO8. The van der Waals surface area contributed by atoms with Gasteiger partial charge in [-0.2, -0.15) is 0 Å². The van der Waals surface area contributed by atoms with Gasteiger partial charge in [-0.05, 0) is 25.1 Å². The monoisotopic (exact) mass is 393 g/mol. The number of carbonyl (C=O) groups excluding carboxylic acids is 3. The Bertz CT molecular complexity index is 729. The van der Waals surface area contributed by atoms with Crippen LogP contribution in [0.5, 0.6) is 11.5 Å². The van der Waals surface area contributed by atoms with Gasteiger partial charge in [0.2, 0.25) is 6.10 Å². The van der Waals surface area contributed by atoms with Gasteiger partial charge in [-0.1, -0.05) is 0 Å². The van der Waals surface area contributed by atoms with E-state index in [1.165, 1.54) is 12.1 Å². The summed E-state index contributed by atoms with van der Waals surface area (Å²) in [6, 6.07) is 4.52. The summed E-state index contributed by atoms with van der Waals surface area (Å²) < 4.78 is 26.3. The molecule has 0 spiro atoms. The molecule has 0 radical (unpaired) electrons. The van der Waals surface area contributed by atoms with E-state index in [9.17, 15) is 14.4 Å². The first-order chi connectivity index (χ1) is 13.6. The van der Waals surface area contributed by atoms with E-state index >= 15 is 0 Å². The van der Waals surface area contributed by atoms with Crippen molar-refractivity contribution in [2.45, 2.75) is 19.4 Å². The third-order valence-corrected chi connectivity index (χ3v) is 4.33. The summed E-state index contributed by atoms with van der Waals surface area (Å²) in [4.78, 5) is 37.6. The van der Waals surface area contributed by atoms with Crippen LogP contribution in [0.4, 0.5) is 0 Å².